The third-order valence-corrected chi connectivity index (χ3v) is 5.76. The van der Waals surface area contributed by atoms with E-state index >= 15 is 0 Å². The molecule has 2 aromatic heterocycles. The summed E-state index contributed by atoms with van der Waals surface area (Å²) in [5.41, 5.74) is 1.08. The van der Waals surface area contributed by atoms with Gasteiger partial charge in [-0.25, -0.2) is 4.98 Å². The average molecular weight is 391 g/mol. The van der Waals surface area contributed by atoms with Gasteiger partial charge in [-0.1, -0.05) is 30.3 Å². The number of fused-ring (bicyclic) bond motifs is 1. The van der Waals surface area contributed by atoms with E-state index < -0.39 is 0 Å². The molecule has 1 atom stereocenters. The second kappa shape index (κ2) is 7.44. The Balaban J connectivity index is 1.40. The van der Waals surface area contributed by atoms with Gasteiger partial charge in [0.15, 0.2) is 11.6 Å². The summed E-state index contributed by atoms with van der Waals surface area (Å²) >= 11 is 0. The molecule has 0 radical (unpaired) electrons. The van der Waals surface area contributed by atoms with Crippen LogP contribution in [0.5, 0.6) is 0 Å². The highest BCUT2D eigenvalue weighted by Crippen LogP contribution is 2.29. The molecule has 0 spiro atoms. The van der Waals surface area contributed by atoms with Gasteiger partial charge in [-0.2, -0.15) is 4.98 Å². The molecule has 1 saturated heterocycles. The first-order valence-corrected chi connectivity index (χ1v) is 10.2. The SMILES string of the molecule is C[C@H]1CN(c2nccc(N3CCC(O)CC3)n2)Cc2nnc(-c3ccccc3)n21. The third kappa shape index (κ3) is 3.44. The highest BCUT2D eigenvalue weighted by atomic mass is 16.3. The van der Waals surface area contributed by atoms with E-state index in [4.69, 9.17) is 4.98 Å². The van der Waals surface area contributed by atoms with Crippen LogP contribution in [0, 0.1) is 0 Å². The Morgan fingerprint density at radius 3 is 2.59 bits per heavy atom. The largest absolute Gasteiger partial charge is 0.393 e. The van der Waals surface area contributed by atoms with Gasteiger partial charge in [-0.3, -0.25) is 0 Å². The summed E-state index contributed by atoms with van der Waals surface area (Å²) in [7, 11) is 0. The minimum absolute atomic E-state index is 0.194. The van der Waals surface area contributed by atoms with Crippen molar-refractivity contribution in [3.05, 3.63) is 48.4 Å². The van der Waals surface area contributed by atoms with Crippen LogP contribution in [0.25, 0.3) is 11.4 Å². The number of anilines is 2. The number of rotatable bonds is 3. The van der Waals surface area contributed by atoms with Crippen molar-refractivity contribution in [3.63, 3.8) is 0 Å². The summed E-state index contributed by atoms with van der Waals surface area (Å²) in [4.78, 5) is 13.7. The molecule has 1 fully saturated rings. The van der Waals surface area contributed by atoms with Crippen molar-refractivity contribution in [2.75, 3.05) is 29.4 Å². The van der Waals surface area contributed by atoms with Crippen LogP contribution in [0.3, 0.4) is 0 Å². The molecular weight excluding hydrogens is 366 g/mol. The summed E-state index contributed by atoms with van der Waals surface area (Å²) in [5, 5.41) is 18.7. The van der Waals surface area contributed by atoms with Gasteiger partial charge in [0.2, 0.25) is 5.95 Å². The Hall–Kier alpha value is -3.00. The maximum Gasteiger partial charge on any atom is 0.227 e. The number of hydrogen-bond donors (Lipinski definition) is 1. The zero-order valence-electron chi connectivity index (χ0n) is 16.5. The summed E-state index contributed by atoms with van der Waals surface area (Å²) in [6, 6.07) is 12.4. The Bertz CT molecular complexity index is 982. The predicted molar refractivity (Wildman–Crippen MR) is 111 cm³/mol. The van der Waals surface area contributed by atoms with E-state index in [2.05, 4.69) is 48.6 Å². The molecule has 4 heterocycles. The van der Waals surface area contributed by atoms with Crippen molar-refractivity contribution in [2.24, 2.45) is 0 Å². The number of nitrogens with zero attached hydrogens (tertiary/aromatic N) is 7. The molecule has 0 amide bonds. The number of aliphatic hydroxyl groups excluding tert-OH is 1. The second-order valence-electron chi connectivity index (χ2n) is 7.84. The molecule has 1 aromatic carbocycles. The van der Waals surface area contributed by atoms with Crippen molar-refractivity contribution in [3.8, 4) is 11.4 Å². The maximum atomic E-state index is 9.76. The lowest BCUT2D eigenvalue weighted by molar-refractivity contribution is 0.145. The minimum atomic E-state index is -0.194. The first-order valence-electron chi connectivity index (χ1n) is 10.2. The zero-order valence-corrected chi connectivity index (χ0v) is 16.5. The molecule has 5 rings (SSSR count). The molecule has 2 aliphatic heterocycles. The van der Waals surface area contributed by atoms with Crippen LogP contribution in [-0.2, 0) is 6.54 Å². The second-order valence-corrected chi connectivity index (χ2v) is 7.84. The van der Waals surface area contributed by atoms with Gasteiger partial charge in [0, 0.05) is 31.4 Å². The predicted octanol–water partition coefficient (Wildman–Crippen LogP) is 2.28. The zero-order chi connectivity index (χ0) is 19.8. The van der Waals surface area contributed by atoms with Crippen LogP contribution in [0.1, 0.15) is 31.6 Å². The Labute approximate surface area is 169 Å². The van der Waals surface area contributed by atoms with Gasteiger partial charge in [0.1, 0.15) is 5.82 Å². The number of aromatic nitrogens is 5. The van der Waals surface area contributed by atoms with Gasteiger partial charge in [-0.05, 0) is 25.8 Å². The summed E-state index contributed by atoms with van der Waals surface area (Å²) in [5.74, 6) is 3.48. The molecule has 150 valence electrons. The Kier molecular flexibility index (Phi) is 4.63. The van der Waals surface area contributed by atoms with Crippen molar-refractivity contribution >= 4 is 11.8 Å². The monoisotopic (exact) mass is 391 g/mol. The molecule has 2 aliphatic rings. The summed E-state index contributed by atoms with van der Waals surface area (Å²) in [6.45, 7) is 5.26. The lowest BCUT2D eigenvalue weighted by Crippen LogP contribution is -2.39. The molecule has 3 aromatic rings. The lowest BCUT2D eigenvalue weighted by Gasteiger charge is -2.34. The normalized spacial score (nSPS) is 20.0. The van der Waals surface area contributed by atoms with Gasteiger partial charge in [0.25, 0.3) is 0 Å². The van der Waals surface area contributed by atoms with E-state index in [1.165, 1.54) is 0 Å². The lowest BCUT2D eigenvalue weighted by atomic mass is 10.1. The van der Waals surface area contributed by atoms with E-state index in [9.17, 15) is 5.11 Å². The van der Waals surface area contributed by atoms with Crippen LogP contribution in [0.4, 0.5) is 11.8 Å². The Morgan fingerprint density at radius 2 is 1.79 bits per heavy atom. The quantitative estimate of drug-likeness (QED) is 0.733. The first-order chi connectivity index (χ1) is 14.2. The highest BCUT2D eigenvalue weighted by molar-refractivity contribution is 5.56. The van der Waals surface area contributed by atoms with E-state index in [0.717, 1.165) is 61.5 Å². The molecule has 1 N–H and O–H groups in total. The molecule has 8 heteroatoms. The summed E-state index contributed by atoms with van der Waals surface area (Å²) in [6.07, 6.45) is 3.19. The van der Waals surface area contributed by atoms with Crippen molar-refractivity contribution in [1.29, 1.82) is 0 Å². The smallest absolute Gasteiger partial charge is 0.227 e. The highest BCUT2D eigenvalue weighted by Gasteiger charge is 2.29. The first kappa shape index (κ1) is 18.1. The van der Waals surface area contributed by atoms with Crippen LogP contribution in [0.2, 0.25) is 0 Å². The van der Waals surface area contributed by atoms with Gasteiger partial charge in [0.05, 0.1) is 18.7 Å². The van der Waals surface area contributed by atoms with Crippen molar-refractivity contribution in [2.45, 2.75) is 38.5 Å². The standard InChI is InChI=1S/C21H25N7O/c1-15-13-27(14-19-24-25-20(28(15)19)16-5-3-2-4-6-16)21-22-10-7-18(23-21)26-11-8-17(29)9-12-26/h2-7,10,15,17,29H,8-9,11-14H2,1H3/t15-/m0/s1. The van der Waals surface area contributed by atoms with Crippen LogP contribution < -0.4 is 9.80 Å². The minimum Gasteiger partial charge on any atom is -0.393 e. The van der Waals surface area contributed by atoms with Gasteiger partial charge >= 0.3 is 0 Å². The maximum absolute atomic E-state index is 9.76. The fourth-order valence-corrected chi connectivity index (χ4v) is 4.23. The molecule has 0 unspecified atom stereocenters. The molecule has 8 nitrogen and oxygen atoms in total. The van der Waals surface area contributed by atoms with E-state index in [1.807, 2.05) is 30.5 Å². The van der Waals surface area contributed by atoms with E-state index in [0.29, 0.717) is 6.54 Å². The number of hydrogen-bond acceptors (Lipinski definition) is 7. The fourth-order valence-electron chi connectivity index (χ4n) is 4.23. The molecule has 0 saturated carbocycles. The van der Waals surface area contributed by atoms with Crippen molar-refractivity contribution in [1.82, 2.24) is 24.7 Å². The molecule has 29 heavy (non-hydrogen) atoms. The number of benzene rings is 1. The molecule has 0 aliphatic carbocycles. The average Bonchev–Trinajstić information content (AvgIpc) is 3.20. The van der Waals surface area contributed by atoms with E-state index in [-0.39, 0.29) is 12.1 Å². The van der Waals surface area contributed by atoms with Crippen LogP contribution in [-0.4, -0.2) is 55.6 Å². The van der Waals surface area contributed by atoms with Crippen LogP contribution >= 0.6 is 0 Å². The third-order valence-electron chi connectivity index (χ3n) is 5.76. The fraction of sp³-hybridized carbons (Fsp3) is 0.429. The van der Waals surface area contributed by atoms with Gasteiger partial charge in [-0.15, -0.1) is 10.2 Å². The number of aliphatic hydroxyl groups is 1. The molecular formula is C21H25N7O. The van der Waals surface area contributed by atoms with E-state index in [1.54, 1.807) is 0 Å². The van der Waals surface area contributed by atoms with Crippen molar-refractivity contribution < 1.29 is 5.11 Å². The number of piperidine rings is 1. The topological polar surface area (TPSA) is 83.2 Å². The van der Waals surface area contributed by atoms with Crippen LogP contribution in [0.15, 0.2) is 42.6 Å². The van der Waals surface area contributed by atoms with Gasteiger partial charge < -0.3 is 19.5 Å². The Morgan fingerprint density at radius 1 is 1.00 bits per heavy atom. The summed E-state index contributed by atoms with van der Waals surface area (Å²) < 4.78 is 2.22. The molecule has 0 bridgehead atoms.